The lowest BCUT2D eigenvalue weighted by molar-refractivity contribution is 0.371. The van der Waals surface area contributed by atoms with Gasteiger partial charge in [-0.05, 0) is 11.4 Å². The summed E-state index contributed by atoms with van der Waals surface area (Å²) in [5.41, 5.74) is 0. The van der Waals surface area contributed by atoms with Crippen molar-refractivity contribution in [2.45, 2.75) is 0 Å². The van der Waals surface area contributed by atoms with E-state index in [4.69, 9.17) is 9.47 Å². The van der Waals surface area contributed by atoms with E-state index in [9.17, 15) is 0 Å². The minimum atomic E-state index is 0.808. The van der Waals surface area contributed by atoms with Gasteiger partial charge in [-0.1, -0.05) is 0 Å². The lowest BCUT2D eigenvalue weighted by atomic mass is 10.6. The predicted octanol–water partition coefficient (Wildman–Crippen LogP) is 1.99. The van der Waals surface area contributed by atoms with Gasteiger partial charge >= 0.3 is 0 Å². The largest absolute Gasteiger partial charge is 0.457 e. The standard InChI is InChI=1S/C6H4O2S/c1-4-9-6-5(1)7-2-3-8-6/h1-4H. The molecule has 9 heavy (non-hydrogen) atoms. The first-order chi connectivity index (χ1) is 4.47. The van der Waals surface area contributed by atoms with Crippen LogP contribution in [0.1, 0.15) is 0 Å². The Hall–Kier alpha value is -0.960. The summed E-state index contributed by atoms with van der Waals surface area (Å²) < 4.78 is 10.1. The fraction of sp³-hybridized carbons (Fsp3) is 0. The maximum absolute atomic E-state index is 5.08. The second kappa shape index (κ2) is 1.77. The molecule has 0 saturated carbocycles. The Kier molecular flexibility index (Phi) is 0.960. The van der Waals surface area contributed by atoms with Crippen molar-refractivity contribution in [2.75, 3.05) is 0 Å². The van der Waals surface area contributed by atoms with E-state index in [-0.39, 0.29) is 0 Å². The number of ether oxygens (including phenoxy) is 2. The first-order valence-electron chi connectivity index (χ1n) is 2.52. The lowest BCUT2D eigenvalue weighted by Gasteiger charge is -2.05. The summed E-state index contributed by atoms with van der Waals surface area (Å²) in [6.07, 6.45) is 3.05. The van der Waals surface area contributed by atoms with E-state index in [2.05, 4.69) is 0 Å². The van der Waals surface area contributed by atoms with Crippen LogP contribution < -0.4 is 9.47 Å². The summed E-state index contributed by atoms with van der Waals surface area (Å²) in [5, 5.41) is 2.76. The van der Waals surface area contributed by atoms with Crippen LogP contribution in [0, 0.1) is 0 Å². The predicted molar refractivity (Wildman–Crippen MR) is 34.7 cm³/mol. The molecule has 0 bridgehead atoms. The highest BCUT2D eigenvalue weighted by Gasteiger charge is 2.07. The third-order valence-electron chi connectivity index (χ3n) is 1.02. The number of hydrogen-bond acceptors (Lipinski definition) is 3. The molecular weight excluding hydrogens is 136 g/mol. The van der Waals surface area contributed by atoms with Gasteiger partial charge in [0, 0.05) is 0 Å². The van der Waals surface area contributed by atoms with Crippen molar-refractivity contribution in [1.82, 2.24) is 0 Å². The van der Waals surface area contributed by atoms with Crippen molar-refractivity contribution in [3.05, 3.63) is 24.0 Å². The quantitative estimate of drug-likeness (QED) is 0.548. The normalized spacial score (nSPS) is 13.8. The molecule has 0 spiro atoms. The van der Waals surface area contributed by atoms with Crippen molar-refractivity contribution in [2.24, 2.45) is 0 Å². The van der Waals surface area contributed by atoms with Gasteiger partial charge in [-0.2, -0.15) is 0 Å². The Morgan fingerprint density at radius 2 is 2.11 bits per heavy atom. The fourth-order valence-electron chi connectivity index (χ4n) is 0.648. The molecule has 0 radical (unpaired) electrons. The van der Waals surface area contributed by atoms with E-state index in [0.29, 0.717) is 0 Å². The van der Waals surface area contributed by atoms with Crippen LogP contribution in [0.5, 0.6) is 10.8 Å². The van der Waals surface area contributed by atoms with E-state index in [1.807, 2.05) is 11.4 Å². The average molecular weight is 140 g/mol. The Morgan fingerprint density at radius 1 is 1.22 bits per heavy atom. The molecule has 1 aliphatic rings. The zero-order valence-electron chi connectivity index (χ0n) is 4.53. The van der Waals surface area contributed by atoms with Crippen LogP contribution in [0.15, 0.2) is 24.0 Å². The first kappa shape index (κ1) is 4.88. The van der Waals surface area contributed by atoms with E-state index < -0.39 is 0 Å². The maximum Gasteiger partial charge on any atom is 0.222 e. The Labute approximate surface area is 56.3 Å². The minimum absolute atomic E-state index is 0.808. The molecule has 0 fully saturated rings. The van der Waals surface area contributed by atoms with Crippen LogP contribution in [0.3, 0.4) is 0 Å². The third kappa shape index (κ3) is 0.695. The summed E-state index contributed by atoms with van der Waals surface area (Å²) in [4.78, 5) is 0. The summed E-state index contributed by atoms with van der Waals surface area (Å²) in [6.45, 7) is 0. The van der Waals surface area contributed by atoms with E-state index in [1.165, 1.54) is 23.9 Å². The highest BCUT2D eigenvalue weighted by atomic mass is 32.1. The average Bonchev–Trinajstić information content (AvgIpc) is 2.33. The molecule has 2 rings (SSSR count). The molecule has 0 amide bonds. The topological polar surface area (TPSA) is 18.5 Å². The summed E-state index contributed by atoms with van der Waals surface area (Å²) in [6, 6.07) is 1.88. The highest BCUT2D eigenvalue weighted by molar-refractivity contribution is 7.12. The molecule has 3 heteroatoms. The zero-order valence-corrected chi connectivity index (χ0v) is 5.35. The van der Waals surface area contributed by atoms with Crippen molar-refractivity contribution < 1.29 is 9.47 Å². The highest BCUT2D eigenvalue weighted by Crippen LogP contribution is 2.35. The number of fused-ring (bicyclic) bond motifs is 1. The van der Waals surface area contributed by atoms with Crippen LogP contribution in [0.25, 0.3) is 0 Å². The van der Waals surface area contributed by atoms with Crippen molar-refractivity contribution in [3.63, 3.8) is 0 Å². The molecule has 0 atom stereocenters. The van der Waals surface area contributed by atoms with Gasteiger partial charge in [0.15, 0.2) is 5.75 Å². The fourth-order valence-corrected chi connectivity index (χ4v) is 1.31. The van der Waals surface area contributed by atoms with Gasteiger partial charge in [0.1, 0.15) is 12.5 Å². The van der Waals surface area contributed by atoms with Gasteiger partial charge in [0.05, 0.1) is 0 Å². The third-order valence-corrected chi connectivity index (χ3v) is 1.80. The monoisotopic (exact) mass is 140 g/mol. The van der Waals surface area contributed by atoms with Crippen LogP contribution in [0.2, 0.25) is 0 Å². The minimum Gasteiger partial charge on any atom is -0.457 e. The number of rotatable bonds is 0. The van der Waals surface area contributed by atoms with Gasteiger partial charge in [-0.3, -0.25) is 0 Å². The van der Waals surface area contributed by atoms with Crippen LogP contribution >= 0.6 is 11.3 Å². The molecule has 0 aliphatic carbocycles. The summed E-state index contributed by atoms with van der Waals surface area (Å²) in [7, 11) is 0. The van der Waals surface area contributed by atoms with Crippen LogP contribution in [-0.2, 0) is 0 Å². The van der Waals surface area contributed by atoms with Gasteiger partial charge in [0.25, 0.3) is 0 Å². The molecule has 0 aromatic carbocycles. The molecule has 2 heterocycles. The van der Waals surface area contributed by atoms with Crippen LogP contribution in [-0.4, -0.2) is 0 Å². The number of hydrogen-bond donors (Lipinski definition) is 0. The molecular formula is C6H4O2S. The summed E-state index contributed by atoms with van der Waals surface area (Å²) in [5.74, 6) is 0.808. The van der Waals surface area contributed by atoms with Crippen molar-refractivity contribution >= 4 is 11.3 Å². The van der Waals surface area contributed by atoms with Gasteiger partial charge in [0.2, 0.25) is 5.06 Å². The molecule has 2 nitrogen and oxygen atoms in total. The first-order valence-corrected chi connectivity index (χ1v) is 3.40. The van der Waals surface area contributed by atoms with Gasteiger partial charge in [-0.25, -0.2) is 0 Å². The Bertz CT molecular complexity index is 216. The number of thiophene rings is 1. The molecule has 1 aromatic rings. The Morgan fingerprint density at radius 3 is 3.00 bits per heavy atom. The van der Waals surface area contributed by atoms with E-state index in [1.54, 1.807) is 0 Å². The van der Waals surface area contributed by atoms with Gasteiger partial charge in [-0.15, -0.1) is 11.3 Å². The zero-order chi connectivity index (χ0) is 6.10. The SMILES string of the molecule is C1=COc2sccc2O1. The second-order valence-corrected chi connectivity index (χ2v) is 2.46. The van der Waals surface area contributed by atoms with Crippen LogP contribution in [0.4, 0.5) is 0 Å². The van der Waals surface area contributed by atoms with Gasteiger partial charge < -0.3 is 9.47 Å². The molecule has 0 N–H and O–H groups in total. The maximum atomic E-state index is 5.08. The van der Waals surface area contributed by atoms with Crippen molar-refractivity contribution in [1.29, 1.82) is 0 Å². The van der Waals surface area contributed by atoms with E-state index >= 15 is 0 Å². The molecule has 46 valence electrons. The van der Waals surface area contributed by atoms with E-state index in [0.717, 1.165) is 10.8 Å². The molecule has 1 aliphatic heterocycles. The van der Waals surface area contributed by atoms with Crippen molar-refractivity contribution in [3.8, 4) is 10.8 Å². The Balaban J connectivity index is 2.46. The summed E-state index contributed by atoms with van der Waals surface area (Å²) >= 11 is 1.53. The lowest BCUT2D eigenvalue weighted by Crippen LogP contribution is -1.90. The second-order valence-electron chi connectivity index (χ2n) is 1.58. The smallest absolute Gasteiger partial charge is 0.222 e. The molecule has 1 aromatic heterocycles. The molecule has 0 saturated heterocycles. The molecule has 0 unspecified atom stereocenters.